The minimum Gasteiger partial charge on any atom is -0.472 e. The van der Waals surface area contributed by atoms with E-state index in [2.05, 4.69) is 5.32 Å². The number of nitrogens with zero attached hydrogens (tertiary/aromatic N) is 1. The van der Waals surface area contributed by atoms with Crippen molar-refractivity contribution in [3.63, 3.8) is 0 Å². The molecular formula is C11H16N2O2. The Bertz CT molecular complexity index is 315. The summed E-state index contributed by atoms with van der Waals surface area (Å²) >= 11 is 0. The lowest BCUT2D eigenvalue weighted by Crippen LogP contribution is -2.41. The fourth-order valence-corrected chi connectivity index (χ4v) is 1.90. The van der Waals surface area contributed by atoms with E-state index in [1.807, 2.05) is 13.1 Å². The Balaban J connectivity index is 1.89. The van der Waals surface area contributed by atoms with Gasteiger partial charge in [0.2, 0.25) is 5.91 Å². The van der Waals surface area contributed by atoms with E-state index in [9.17, 15) is 4.79 Å². The van der Waals surface area contributed by atoms with Crippen LogP contribution in [0.25, 0.3) is 0 Å². The standard InChI is InChI=1S/C11H16N2O2/c1-13(7-9-4-6-15-8-9)11(14)10-3-2-5-12-10/h4,6,8,10,12H,2-3,5,7H2,1H3/t10-/m1/s1. The molecule has 1 fully saturated rings. The number of carbonyl (C=O) groups excluding carboxylic acids is 1. The van der Waals surface area contributed by atoms with Gasteiger partial charge in [-0.1, -0.05) is 0 Å². The summed E-state index contributed by atoms with van der Waals surface area (Å²) in [4.78, 5) is 13.6. The molecule has 1 saturated heterocycles. The second-order valence-electron chi connectivity index (χ2n) is 3.97. The predicted molar refractivity (Wildman–Crippen MR) is 56.2 cm³/mol. The molecule has 0 saturated carbocycles. The summed E-state index contributed by atoms with van der Waals surface area (Å²) in [6, 6.07) is 1.90. The molecule has 1 N–H and O–H groups in total. The average Bonchev–Trinajstić information content (AvgIpc) is 2.88. The second kappa shape index (κ2) is 4.49. The van der Waals surface area contributed by atoms with Crippen LogP contribution in [0, 0.1) is 0 Å². The molecule has 1 atom stereocenters. The highest BCUT2D eigenvalue weighted by Crippen LogP contribution is 2.10. The molecule has 0 spiro atoms. The van der Waals surface area contributed by atoms with Crippen molar-refractivity contribution < 1.29 is 9.21 Å². The number of furan rings is 1. The van der Waals surface area contributed by atoms with E-state index in [0.717, 1.165) is 24.9 Å². The summed E-state index contributed by atoms with van der Waals surface area (Å²) in [6.45, 7) is 1.57. The van der Waals surface area contributed by atoms with Gasteiger partial charge in [0.25, 0.3) is 0 Å². The predicted octanol–water partition coefficient (Wildman–Crippen LogP) is 0.990. The minimum atomic E-state index is 0.0156. The zero-order chi connectivity index (χ0) is 10.7. The lowest BCUT2D eigenvalue weighted by atomic mass is 10.2. The van der Waals surface area contributed by atoms with Gasteiger partial charge in [0, 0.05) is 19.2 Å². The molecule has 1 aromatic heterocycles. The molecule has 0 radical (unpaired) electrons. The van der Waals surface area contributed by atoms with Gasteiger partial charge in [-0.15, -0.1) is 0 Å². The smallest absolute Gasteiger partial charge is 0.239 e. The van der Waals surface area contributed by atoms with Crippen LogP contribution in [-0.2, 0) is 11.3 Å². The number of likely N-dealkylation sites (N-methyl/N-ethyl adjacent to an activating group) is 1. The van der Waals surface area contributed by atoms with Crippen molar-refractivity contribution in [1.29, 1.82) is 0 Å². The Labute approximate surface area is 89.2 Å². The zero-order valence-corrected chi connectivity index (χ0v) is 8.90. The van der Waals surface area contributed by atoms with Crippen molar-refractivity contribution in [3.8, 4) is 0 Å². The molecule has 15 heavy (non-hydrogen) atoms. The molecule has 1 aromatic rings. The summed E-state index contributed by atoms with van der Waals surface area (Å²) in [7, 11) is 1.83. The van der Waals surface area contributed by atoms with Gasteiger partial charge in [0.15, 0.2) is 0 Å². The summed E-state index contributed by atoms with van der Waals surface area (Å²) in [5.74, 6) is 0.175. The Morgan fingerprint density at radius 1 is 1.73 bits per heavy atom. The third-order valence-electron chi connectivity index (χ3n) is 2.73. The molecule has 1 aliphatic heterocycles. The van der Waals surface area contributed by atoms with Gasteiger partial charge in [0.05, 0.1) is 18.6 Å². The summed E-state index contributed by atoms with van der Waals surface area (Å²) in [5.41, 5.74) is 1.03. The topological polar surface area (TPSA) is 45.5 Å². The fourth-order valence-electron chi connectivity index (χ4n) is 1.90. The molecule has 4 nitrogen and oxygen atoms in total. The Hall–Kier alpha value is -1.29. The molecule has 1 amide bonds. The highest BCUT2D eigenvalue weighted by Gasteiger charge is 2.24. The summed E-state index contributed by atoms with van der Waals surface area (Å²) in [6.07, 6.45) is 5.35. The van der Waals surface area contributed by atoms with Crippen molar-refractivity contribution in [3.05, 3.63) is 24.2 Å². The third kappa shape index (κ3) is 2.39. The molecule has 0 bridgehead atoms. The first-order valence-corrected chi connectivity index (χ1v) is 5.27. The molecule has 0 unspecified atom stereocenters. The maximum atomic E-state index is 11.9. The second-order valence-corrected chi connectivity index (χ2v) is 3.97. The highest BCUT2D eigenvalue weighted by molar-refractivity contribution is 5.81. The summed E-state index contributed by atoms with van der Waals surface area (Å²) < 4.78 is 4.97. The molecule has 1 aliphatic rings. The van der Waals surface area contributed by atoms with Crippen LogP contribution in [0.15, 0.2) is 23.0 Å². The van der Waals surface area contributed by atoms with Gasteiger partial charge in [0.1, 0.15) is 0 Å². The molecule has 4 heteroatoms. The van der Waals surface area contributed by atoms with Crippen LogP contribution in [0.5, 0.6) is 0 Å². The van der Waals surface area contributed by atoms with Gasteiger partial charge < -0.3 is 14.6 Å². The summed E-state index contributed by atoms with van der Waals surface area (Å²) in [5, 5.41) is 3.20. The van der Waals surface area contributed by atoms with Crippen LogP contribution in [0.3, 0.4) is 0 Å². The van der Waals surface area contributed by atoms with Crippen LogP contribution in [0.4, 0.5) is 0 Å². The molecule has 2 rings (SSSR count). The molecule has 82 valence electrons. The van der Waals surface area contributed by atoms with Gasteiger partial charge >= 0.3 is 0 Å². The van der Waals surface area contributed by atoms with Gasteiger partial charge in [-0.05, 0) is 25.5 Å². The normalized spacial score (nSPS) is 20.5. The van der Waals surface area contributed by atoms with Crippen molar-refractivity contribution in [1.82, 2.24) is 10.2 Å². The molecule has 0 aromatic carbocycles. The zero-order valence-electron chi connectivity index (χ0n) is 8.90. The van der Waals surface area contributed by atoms with E-state index in [4.69, 9.17) is 4.42 Å². The van der Waals surface area contributed by atoms with Crippen LogP contribution >= 0.6 is 0 Å². The molecule has 0 aliphatic carbocycles. The average molecular weight is 208 g/mol. The Kier molecular flexibility index (Phi) is 3.06. The van der Waals surface area contributed by atoms with Gasteiger partial charge in [-0.25, -0.2) is 0 Å². The van der Waals surface area contributed by atoms with Crippen LogP contribution in [-0.4, -0.2) is 30.4 Å². The Morgan fingerprint density at radius 3 is 3.20 bits per heavy atom. The maximum Gasteiger partial charge on any atom is 0.239 e. The lowest BCUT2D eigenvalue weighted by molar-refractivity contribution is -0.132. The van der Waals surface area contributed by atoms with Gasteiger partial charge in [-0.2, -0.15) is 0 Å². The number of nitrogens with one attached hydrogen (secondary N) is 1. The Morgan fingerprint density at radius 2 is 2.60 bits per heavy atom. The van der Waals surface area contributed by atoms with E-state index in [1.54, 1.807) is 17.4 Å². The van der Waals surface area contributed by atoms with E-state index >= 15 is 0 Å². The van der Waals surface area contributed by atoms with Crippen LogP contribution in [0.1, 0.15) is 18.4 Å². The first kappa shape index (κ1) is 10.2. The quantitative estimate of drug-likeness (QED) is 0.805. The first-order valence-electron chi connectivity index (χ1n) is 5.27. The van der Waals surface area contributed by atoms with Crippen molar-refractivity contribution in [2.24, 2.45) is 0 Å². The van der Waals surface area contributed by atoms with Crippen molar-refractivity contribution in [2.75, 3.05) is 13.6 Å². The van der Waals surface area contributed by atoms with E-state index in [1.165, 1.54) is 0 Å². The molecular weight excluding hydrogens is 192 g/mol. The lowest BCUT2D eigenvalue weighted by Gasteiger charge is -2.20. The number of hydrogen-bond acceptors (Lipinski definition) is 3. The van der Waals surface area contributed by atoms with Crippen LogP contribution in [0.2, 0.25) is 0 Å². The van der Waals surface area contributed by atoms with E-state index in [0.29, 0.717) is 6.54 Å². The maximum absolute atomic E-state index is 11.9. The van der Waals surface area contributed by atoms with Gasteiger partial charge in [-0.3, -0.25) is 4.79 Å². The number of rotatable bonds is 3. The van der Waals surface area contributed by atoms with Crippen LogP contribution < -0.4 is 5.32 Å². The SMILES string of the molecule is CN(Cc1ccoc1)C(=O)[C@H]1CCCN1. The number of amides is 1. The van der Waals surface area contributed by atoms with Crippen molar-refractivity contribution >= 4 is 5.91 Å². The number of carbonyl (C=O) groups is 1. The fraction of sp³-hybridized carbons (Fsp3) is 0.545. The monoisotopic (exact) mass is 208 g/mol. The third-order valence-corrected chi connectivity index (χ3v) is 2.73. The largest absolute Gasteiger partial charge is 0.472 e. The minimum absolute atomic E-state index is 0.0156. The number of hydrogen-bond donors (Lipinski definition) is 1. The van der Waals surface area contributed by atoms with E-state index in [-0.39, 0.29) is 11.9 Å². The first-order chi connectivity index (χ1) is 7.27. The van der Waals surface area contributed by atoms with E-state index < -0.39 is 0 Å². The van der Waals surface area contributed by atoms with Crippen molar-refractivity contribution in [2.45, 2.75) is 25.4 Å². The highest BCUT2D eigenvalue weighted by atomic mass is 16.3. The molecule has 2 heterocycles.